The molecule has 9 nitrogen and oxygen atoms in total. The van der Waals surface area contributed by atoms with E-state index in [1.807, 2.05) is 6.92 Å². The lowest BCUT2D eigenvalue weighted by Crippen LogP contribution is -2.29. The van der Waals surface area contributed by atoms with Crippen LogP contribution in [0.25, 0.3) is 0 Å². The summed E-state index contributed by atoms with van der Waals surface area (Å²) >= 11 is 0. The monoisotopic (exact) mass is 610 g/mol. The Balaban J connectivity index is 0.000000355. The Bertz CT molecular complexity index is 1390. The van der Waals surface area contributed by atoms with Crippen molar-refractivity contribution in [3.05, 3.63) is 77.1 Å². The molecule has 1 aliphatic heterocycles. The second-order valence-electron chi connectivity index (χ2n) is 9.06. The van der Waals surface area contributed by atoms with Crippen molar-refractivity contribution in [3.63, 3.8) is 0 Å². The maximum Gasteiger partial charge on any atom is 0.387 e. The molecule has 1 atom stereocenters. The van der Waals surface area contributed by atoms with Gasteiger partial charge in [-0.3, -0.25) is 19.3 Å². The summed E-state index contributed by atoms with van der Waals surface area (Å²) in [6.45, 7) is 0.317. The quantitative estimate of drug-likeness (QED) is 0.300. The highest BCUT2D eigenvalue weighted by molar-refractivity contribution is 5.96. The number of rotatable bonds is 7. The third-order valence-electron chi connectivity index (χ3n) is 6.07. The number of carbonyl (C=O) groups is 3. The fraction of sp³-hybridized carbons (Fsp3) is 0.310. The normalized spacial score (nSPS) is 13.8. The van der Waals surface area contributed by atoms with Crippen molar-refractivity contribution in [3.8, 4) is 11.5 Å². The van der Waals surface area contributed by atoms with Gasteiger partial charge in [0.1, 0.15) is 29.0 Å². The molecule has 232 valence electrons. The predicted octanol–water partition coefficient (Wildman–Crippen LogP) is 4.97. The molecule has 3 amide bonds. The number of alkyl halides is 2. The van der Waals surface area contributed by atoms with E-state index in [0.717, 1.165) is 28.7 Å². The number of anilines is 2. The number of amides is 3. The van der Waals surface area contributed by atoms with Gasteiger partial charge in [0, 0.05) is 57.6 Å². The number of aryl methyl sites for hydroxylation is 1. The van der Waals surface area contributed by atoms with E-state index in [9.17, 15) is 31.5 Å². The van der Waals surface area contributed by atoms with E-state index in [1.165, 1.54) is 44.2 Å². The fourth-order valence-electron chi connectivity index (χ4n) is 3.85. The summed E-state index contributed by atoms with van der Waals surface area (Å²) in [6, 6.07) is 10.9. The van der Waals surface area contributed by atoms with E-state index < -0.39 is 35.9 Å². The van der Waals surface area contributed by atoms with Crippen LogP contribution in [0.5, 0.6) is 11.5 Å². The molecule has 0 bridgehead atoms. The zero-order chi connectivity index (χ0) is 32.3. The summed E-state index contributed by atoms with van der Waals surface area (Å²) in [6.07, 6.45) is 0.425. The average Bonchev–Trinajstić information content (AvgIpc) is 3.34. The number of ether oxygens (including phenoxy) is 2. The van der Waals surface area contributed by atoms with Gasteiger partial charge in [-0.15, -0.1) is 0 Å². The Kier molecular flexibility index (Phi) is 12.8. The average molecular weight is 611 g/mol. The number of hydrogen-bond acceptors (Lipinski definition) is 6. The summed E-state index contributed by atoms with van der Waals surface area (Å²) in [7, 11) is 4.31. The third-order valence-corrected chi connectivity index (χ3v) is 6.07. The van der Waals surface area contributed by atoms with E-state index in [1.54, 1.807) is 19.2 Å². The lowest BCUT2D eigenvalue weighted by Gasteiger charge is -2.20. The molecule has 1 saturated heterocycles. The molecule has 1 unspecified atom stereocenters. The summed E-state index contributed by atoms with van der Waals surface area (Å²) in [4.78, 5) is 39.3. The van der Waals surface area contributed by atoms with Crippen LogP contribution >= 0.6 is 0 Å². The van der Waals surface area contributed by atoms with Gasteiger partial charge in [-0.05, 0) is 31.2 Å². The molecule has 2 aromatic carbocycles. The number of aromatic nitrogens is 1. The molecule has 1 aromatic heterocycles. The van der Waals surface area contributed by atoms with Crippen LogP contribution in [0.4, 0.5) is 33.6 Å². The van der Waals surface area contributed by atoms with Crippen LogP contribution in [0.15, 0.2) is 48.5 Å². The third kappa shape index (κ3) is 9.65. The van der Waals surface area contributed by atoms with Crippen molar-refractivity contribution in [2.75, 3.05) is 37.5 Å². The van der Waals surface area contributed by atoms with Gasteiger partial charge in [0.15, 0.2) is 11.6 Å². The van der Waals surface area contributed by atoms with Crippen LogP contribution in [-0.2, 0) is 14.4 Å². The van der Waals surface area contributed by atoms with Crippen molar-refractivity contribution in [2.24, 2.45) is 0 Å². The highest BCUT2D eigenvalue weighted by atomic mass is 19.3. The minimum atomic E-state index is -2.74. The Hall–Kier alpha value is -4.75. The minimum absolute atomic E-state index is 0.0209. The first-order chi connectivity index (χ1) is 20.3. The molecule has 43 heavy (non-hydrogen) atoms. The molecular formula is C29H31F5N4O5. The first-order valence-corrected chi connectivity index (χ1v) is 12.7. The van der Waals surface area contributed by atoms with Crippen molar-refractivity contribution in [1.82, 2.24) is 10.3 Å². The molecule has 1 fully saturated rings. The van der Waals surface area contributed by atoms with Gasteiger partial charge in [0.05, 0.1) is 7.11 Å². The Morgan fingerprint density at radius 1 is 1.07 bits per heavy atom. The number of benzene rings is 2. The summed E-state index contributed by atoms with van der Waals surface area (Å²) in [5, 5.41) is 2.25. The molecule has 0 aliphatic carbocycles. The van der Waals surface area contributed by atoms with Crippen molar-refractivity contribution in [2.45, 2.75) is 32.8 Å². The van der Waals surface area contributed by atoms with Crippen molar-refractivity contribution < 1.29 is 45.8 Å². The Morgan fingerprint density at radius 3 is 2.14 bits per heavy atom. The zero-order valence-corrected chi connectivity index (χ0v) is 24.0. The number of hydrogen-bond donors (Lipinski definition) is 1. The Morgan fingerprint density at radius 2 is 1.65 bits per heavy atom. The second kappa shape index (κ2) is 16.0. The second-order valence-corrected chi connectivity index (χ2v) is 9.06. The summed E-state index contributed by atoms with van der Waals surface area (Å²) in [5.41, 5.74) is 0.765. The van der Waals surface area contributed by atoms with Crippen LogP contribution in [0.3, 0.4) is 0 Å². The number of halogens is 5. The first-order valence-electron chi connectivity index (χ1n) is 12.7. The van der Waals surface area contributed by atoms with Crippen LogP contribution in [-0.4, -0.2) is 57.6 Å². The molecule has 14 heteroatoms. The van der Waals surface area contributed by atoms with E-state index in [-0.39, 0.29) is 47.6 Å². The molecule has 1 aliphatic rings. The molecule has 4 rings (SSSR count). The SMILES string of the molecule is CNC=O.COc1cc(F)c(C2CC(=O)N(c3nc(N(C)C(C)=O)ccc3F)C2)c(F)c1.Cc1ccc(OC(F)F)cc1. The number of nitrogens with zero attached hydrogens (tertiary/aromatic N) is 3. The standard InChI is InChI=1S/C19H18F3N3O3.C8H8F2O.C2H5NO/c1-10(26)24(2)16-5-4-13(20)19(23-16)25-9-11(6-17(25)27)18-14(21)7-12(28-3)8-15(18)22;1-6-2-4-7(5-3-6)11-8(9)10;1-3-2-4/h4-5,7-8,11H,6,9H2,1-3H3;2-5,8H,1H3;2H,1H3,(H,3,4). The van der Waals surface area contributed by atoms with Crippen LogP contribution in [0.2, 0.25) is 0 Å². The lowest BCUT2D eigenvalue weighted by molar-refractivity contribution is -0.117. The van der Waals surface area contributed by atoms with Crippen LogP contribution in [0, 0.1) is 24.4 Å². The minimum Gasteiger partial charge on any atom is -0.497 e. The highest BCUT2D eigenvalue weighted by Crippen LogP contribution is 2.36. The molecule has 2 heterocycles. The predicted molar refractivity (Wildman–Crippen MR) is 149 cm³/mol. The number of methoxy groups -OCH3 is 1. The van der Waals surface area contributed by atoms with Crippen molar-refractivity contribution >= 4 is 29.9 Å². The van der Waals surface area contributed by atoms with E-state index in [2.05, 4.69) is 15.0 Å². The molecule has 0 saturated carbocycles. The maximum absolute atomic E-state index is 14.4. The largest absolute Gasteiger partial charge is 0.497 e. The molecule has 0 radical (unpaired) electrons. The van der Waals surface area contributed by atoms with E-state index in [0.29, 0.717) is 6.41 Å². The van der Waals surface area contributed by atoms with Gasteiger partial charge < -0.3 is 19.7 Å². The molecule has 0 spiro atoms. The topological polar surface area (TPSA) is 101 Å². The van der Waals surface area contributed by atoms with Crippen molar-refractivity contribution in [1.29, 1.82) is 0 Å². The van der Waals surface area contributed by atoms with Gasteiger partial charge in [-0.25, -0.2) is 18.2 Å². The van der Waals surface area contributed by atoms with Gasteiger partial charge >= 0.3 is 6.61 Å². The molecule has 3 aromatic rings. The van der Waals surface area contributed by atoms with Gasteiger partial charge in [-0.1, -0.05) is 17.7 Å². The number of nitrogens with one attached hydrogen (secondary N) is 1. The lowest BCUT2D eigenvalue weighted by atomic mass is 9.97. The van der Waals surface area contributed by atoms with E-state index >= 15 is 0 Å². The van der Waals surface area contributed by atoms with Gasteiger partial charge in [0.25, 0.3) is 0 Å². The smallest absolute Gasteiger partial charge is 0.387 e. The van der Waals surface area contributed by atoms with Crippen LogP contribution < -0.4 is 24.6 Å². The maximum atomic E-state index is 14.4. The molecule has 1 N–H and O–H groups in total. The highest BCUT2D eigenvalue weighted by Gasteiger charge is 2.37. The Labute approximate surface area is 245 Å². The molecular weight excluding hydrogens is 579 g/mol. The fourth-order valence-corrected chi connectivity index (χ4v) is 3.85. The first kappa shape index (κ1) is 34.5. The van der Waals surface area contributed by atoms with Gasteiger partial charge in [0.2, 0.25) is 18.2 Å². The zero-order valence-electron chi connectivity index (χ0n) is 24.0. The van der Waals surface area contributed by atoms with Gasteiger partial charge in [-0.2, -0.15) is 8.78 Å². The summed E-state index contributed by atoms with van der Waals surface area (Å²) < 4.78 is 75.2. The number of pyridine rings is 1. The van der Waals surface area contributed by atoms with Crippen LogP contribution in [0.1, 0.15) is 30.4 Å². The van der Waals surface area contributed by atoms with E-state index in [4.69, 9.17) is 9.53 Å². The summed E-state index contributed by atoms with van der Waals surface area (Å²) in [5.74, 6) is -4.01. The number of carbonyl (C=O) groups excluding carboxylic acids is 3.